The van der Waals surface area contributed by atoms with E-state index in [-0.39, 0.29) is 37.5 Å². The standard InChI is InChI=1S/C63H108O6/c1-4-7-10-13-16-19-22-25-28-30-31-32-34-35-38-41-44-47-50-53-56-62(65)68-59-60(58-67-61(64)55-52-49-46-43-40-37-27-24-21-18-15-12-9-6-3)69-63(66)57-54-51-48-45-42-39-36-33-29-26-23-20-17-14-11-8-5-2/h8,11,15,17-18,20,24,26-27,29,36,39,45,48,60H,4-7,9-10,12-14,16,19,21-23,25,28,30-35,37-38,40-44,46-47,49-59H2,1-3H3/b11-8-,18-15-,20-17-,27-24-,29-26-,39-36-,48-45-. The highest BCUT2D eigenvalue weighted by Crippen LogP contribution is 2.16. The molecule has 0 heterocycles. The molecule has 0 amide bonds. The summed E-state index contributed by atoms with van der Waals surface area (Å²) in [6, 6.07) is 0. The Morgan fingerprint density at radius 1 is 0.304 bits per heavy atom. The third-order valence-electron chi connectivity index (χ3n) is 12.4. The molecule has 0 spiro atoms. The quantitative estimate of drug-likeness (QED) is 0.0262. The summed E-state index contributed by atoms with van der Waals surface area (Å²) >= 11 is 0. The van der Waals surface area contributed by atoms with Gasteiger partial charge in [-0.1, -0.05) is 260 Å². The SMILES string of the molecule is CC/C=C\C/C=C\C/C=C\C/C=C\C/C=C\CCCC(=O)OC(COC(=O)CCCCCCC/C=C\C/C=C\CCCC)COC(=O)CCCCCCCCCCCCCCCCCCCCCC. The number of carbonyl (C=O) groups is 3. The molecule has 0 aromatic heterocycles. The van der Waals surface area contributed by atoms with E-state index in [1.807, 2.05) is 0 Å². The van der Waals surface area contributed by atoms with Crippen molar-refractivity contribution in [3.8, 4) is 0 Å². The van der Waals surface area contributed by atoms with Crippen LogP contribution in [-0.4, -0.2) is 37.2 Å². The van der Waals surface area contributed by atoms with Crippen LogP contribution >= 0.6 is 0 Å². The van der Waals surface area contributed by atoms with Crippen LogP contribution in [0.15, 0.2) is 85.1 Å². The van der Waals surface area contributed by atoms with Gasteiger partial charge in [0, 0.05) is 19.3 Å². The fraction of sp³-hybridized carbons (Fsp3) is 0.730. The number of rotatable bonds is 52. The van der Waals surface area contributed by atoms with Gasteiger partial charge in [0.1, 0.15) is 13.2 Å². The summed E-state index contributed by atoms with van der Waals surface area (Å²) in [7, 11) is 0. The molecule has 1 unspecified atom stereocenters. The number of hydrogen-bond acceptors (Lipinski definition) is 6. The van der Waals surface area contributed by atoms with Gasteiger partial charge in [-0.3, -0.25) is 14.4 Å². The molecule has 0 aliphatic rings. The summed E-state index contributed by atoms with van der Waals surface area (Å²) < 4.78 is 16.8. The second-order valence-corrected chi connectivity index (χ2v) is 19.2. The molecule has 0 saturated carbocycles. The summed E-state index contributed by atoms with van der Waals surface area (Å²) in [5, 5.41) is 0. The molecule has 6 heteroatoms. The van der Waals surface area contributed by atoms with E-state index in [1.54, 1.807) is 0 Å². The van der Waals surface area contributed by atoms with Crippen LogP contribution in [0.5, 0.6) is 0 Å². The minimum atomic E-state index is -0.811. The van der Waals surface area contributed by atoms with Gasteiger partial charge in [0.15, 0.2) is 6.10 Å². The maximum absolute atomic E-state index is 12.8. The molecule has 6 nitrogen and oxygen atoms in total. The molecule has 396 valence electrons. The van der Waals surface area contributed by atoms with E-state index in [4.69, 9.17) is 14.2 Å². The molecule has 0 radical (unpaired) electrons. The maximum atomic E-state index is 12.8. The molecule has 69 heavy (non-hydrogen) atoms. The van der Waals surface area contributed by atoms with Gasteiger partial charge in [0.25, 0.3) is 0 Å². The van der Waals surface area contributed by atoms with E-state index < -0.39 is 6.10 Å². The zero-order valence-corrected chi connectivity index (χ0v) is 45.3. The zero-order valence-electron chi connectivity index (χ0n) is 45.3. The largest absolute Gasteiger partial charge is 0.462 e. The number of esters is 3. The Morgan fingerprint density at radius 2 is 0.594 bits per heavy atom. The van der Waals surface area contributed by atoms with Gasteiger partial charge in [-0.25, -0.2) is 0 Å². The molecular formula is C63H108O6. The molecule has 0 aromatic rings. The van der Waals surface area contributed by atoms with Crippen molar-refractivity contribution >= 4 is 17.9 Å². The van der Waals surface area contributed by atoms with Crippen LogP contribution in [0.25, 0.3) is 0 Å². The van der Waals surface area contributed by atoms with Crippen molar-refractivity contribution in [2.45, 2.75) is 284 Å². The zero-order chi connectivity index (χ0) is 50.0. The Kier molecular flexibility index (Phi) is 54.3. The van der Waals surface area contributed by atoms with Crippen LogP contribution in [0.2, 0.25) is 0 Å². The summed E-state index contributed by atoms with van der Waals surface area (Å²) in [5.74, 6) is -0.968. The first-order valence-corrected chi connectivity index (χ1v) is 29.1. The highest BCUT2D eigenvalue weighted by molar-refractivity contribution is 5.71. The minimum absolute atomic E-state index is 0.102. The van der Waals surface area contributed by atoms with Crippen LogP contribution in [0, 0.1) is 0 Å². The Morgan fingerprint density at radius 3 is 0.971 bits per heavy atom. The van der Waals surface area contributed by atoms with Gasteiger partial charge < -0.3 is 14.2 Å². The summed E-state index contributed by atoms with van der Waals surface area (Å²) in [6.07, 6.45) is 74.4. The van der Waals surface area contributed by atoms with Crippen LogP contribution in [0.1, 0.15) is 278 Å². The van der Waals surface area contributed by atoms with Gasteiger partial charge in [-0.15, -0.1) is 0 Å². The molecule has 0 fully saturated rings. The molecule has 0 saturated heterocycles. The Bertz CT molecular complexity index is 1330. The van der Waals surface area contributed by atoms with Crippen molar-refractivity contribution in [2.75, 3.05) is 13.2 Å². The normalized spacial score (nSPS) is 12.7. The van der Waals surface area contributed by atoms with Gasteiger partial charge in [-0.2, -0.15) is 0 Å². The van der Waals surface area contributed by atoms with Crippen molar-refractivity contribution in [2.24, 2.45) is 0 Å². The van der Waals surface area contributed by atoms with Crippen LogP contribution in [0.3, 0.4) is 0 Å². The van der Waals surface area contributed by atoms with E-state index in [2.05, 4.69) is 106 Å². The molecule has 1 atom stereocenters. The Balaban J connectivity index is 4.43. The molecule has 0 aliphatic carbocycles. The number of carbonyl (C=O) groups excluding carboxylic acids is 3. The highest BCUT2D eigenvalue weighted by atomic mass is 16.6. The average Bonchev–Trinajstić information content (AvgIpc) is 3.35. The predicted molar refractivity (Wildman–Crippen MR) is 297 cm³/mol. The van der Waals surface area contributed by atoms with E-state index in [1.165, 1.54) is 128 Å². The summed E-state index contributed by atoms with van der Waals surface area (Å²) in [6.45, 7) is 6.45. The second kappa shape index (κ2) is 57.2. The molecule has 0 N–H and O–H groups in total. The van der Waals surface area contributed by atoms with Crippen LogP contribution in [-0.2, 0) is 28.6 Å². The van der Waals surface area contributed by atoms with Crippen LogP contribution < -0.4 is 0 Å². The summed E-state index contributed by atoms with van der Waals surface area (Å²) in [5.41, 5.74) is 0. The van der Waals surface area contributed by atoms with Crippen molar-refractivity contribution in [3.63, 3.8) is 0 Å². The van der Waals surface area contributed by atoms with E-state index in [0.717, 1.165) is 103 Å². The van der Waals surface area contributed by atoms with Gasteiger partial charge in [0.05, 0.1) is 0 Å². The van der Waals surface area contributed by atoms with E-state index >= 15 is 0 Å². The van der Waals surface area contributed by atoms with Crippen LogP contribution in [0.4, 0.5) is 0 Å². The van der Waals surface area contributed by atoms with E-state index in [9.17, 15) is 14.4 Å². The van der Waals surface area contributed by atoms with Gasteiger partial charge >= 0.3 is 17.9 Å². The molecular weight excluding hydrogens is 853 g/mol. The van der Waals surface area contributed by atoms with Gasteiger partial charge in [-0.05, 0) is 83.5 Å². The lowest BCUT2D eigenvalue weighted by molar-refractivity contribution is -0.167. The Hall–Kier alpha value is -3.41. The maximum Gasteiger partial charge on any atom is 0.306 e. The molecule has 0 rings (SSSR count). The van der Waals surface area contributed by atoms with Crippen molar-refractivity contribution in [1.82, 2.24) is 0 Å². The number of allylic oxidation sites excluding steroid dienone is 14. The topological polar surface area (TPSA) is 78.9 Å². The van der Waals surface area contributed by atoms with Crippen molar-refractivity contribution in [3.05, 3.63) is 85.1 Å². The summed E-state index contributed by atoms with van der Waals surface area (Å²) in [4.78, 5) is 38.1. The first-order valence-electron chi connectivity index (χ1n) is 29.1. The fourth-order valence-electron chi connectivity index (χ4n) is 8.03. The third kappa shape index (κ3) is 55.4. The smallest absolute Gasteiger partial charge is 0.306 e. The molecule has 0 aliphatic heterocycles. The minimum Gasteiger partial charge on any atom is -0.462 e. The fourth-order valence-corrected chi connectivity index (χ4v) is 8.03. The first-order chi connectivity index (χ1) is 34.0. The predicted octanol–water partition coefficient (Wildman–Crippen LogP) is 19.5. The van der Waals surface area contributed by atoms with Crippen molar-refractivity contribution < 1.29 is 28.6 Å². The first kappa shape index (κ1) is 65.6. The number of unbranched alkanes of at least 4 members (excludes halogenated alkanes) is 27. The Labute approximate surface area is 426 Å². The average molecular weight is 962 g/mol. The van der Waals surface area contributed by atoms with E-state index in [0.29, 0.717) is 19.3 Å². The lowest BCUT2D eigenvalue weighted by Gasteiger charge is -2.18. The number of hydrogen-bond donors (Lipinski definition) is 0. The second-order valence-electron chi connectivity index (χ2n) is 19.2. The highest BCUT2D eigenvalue weighted by Gasteiger charge is 2.19. The lowest BCUT2D eigenvalue weighted by Crippen LogP contribution is -2.30. The van der Waals surface area contributed by atoms with Crippen molar-refractivity contribution in [1.29, 1.82) is 0 Å². The monoisotopic (exact) mass is 961 g/mol. The number of ether oxygens (including phenoxy) is 3. The molecule has 0 aromatic carbocycles. The van der Waals surface area contributed by atoms with Gasteiger partial charge in [0.2, 0.25) is 0 Å². The molecule has 0 bridgehead atoms. The lowest BCUT2D eigenvalue weighted by atomic mass is 10.0. The third-order valence-corrected chi connectivity index (χ3v) is 12.4.